The fourth-order valence-corrected chi connectivity index (χ4v) is 4.05. The average molecular weight is 347 g/mol. The first-order valence-electron chi connectivity index (χ1n) is 8.57. The van der Waals surface area contributed by atoms with Crippen LogP contribution in [0.2, 0.25) is 0 Å². The Morgan fingerprint density at radius 1 is 1.29 bits per heavy atom. The number of carbonyl (C=O) groups excluding carboxylic acids is 1. The second-order valence-electron chi connectivity index (χ2n) is 6.33. The van der Waals surface area contributed by atoms with E-state index >= 15 is 0 Å². The van der Waals surface area contributed by atoms with Crippen molar-refractivity contribution in [3.8, 4) is 0 Å². The van der Waals surface area contributed by atoms with Gasteiger partial charge in [-0.15, -0.1) is 11.3 Å². The van der Waals surface area contributed by atoms with Crippen molar-refractivity contribution in [3.63, 3.8) is 0 Å². The van der Waals surface area contributed by atoms with Gasteiger partial charge in [0.25, 0.3) is 5.91 Å². The van der Waals surface area contributed by atoms with E-state index in [0.29, 0.717) is 0 Å². The summed E-state index contributed by atoms with van der Waals surface area (Å²) in [4.78, 5) is 27.7. The molecule has 0 saturated carbocycles. The van der Waals surface area contributed by atoms with E-state index < -0.39 is 0 Å². The monoisotopic (exact) mass is 347 g/mol. The lowest BCUT2D eigenvalue weighted by molar-refractivity contribution is 0.0957. The molecule has 6 nitrogen and oxygen atoms in total. The number of rotatable bonds is 5. The van der Waals surface area contributed by atoms with Crippen LogP contribution in [-0.4, -0.2) is 60.5 Å². The third kappa shape index (κ3) is 3.37. The molecule has 1 amide bonds. The van der Waals surface area contributed by atoms with Crippen molar-refractivity contribution in [2.75, 3.05) is 44.7 Å². The highest BCUT2D eigenvalue weighted by Gasteiger charge is 2.23. The molecule has 1 saturated heterocycles. The van der Waals surface area contributed by atoms with Gasteiger partial charge >= 0.3 is 0 Å². The summed E-state index contributed by atoms with van der Waals surface area (Å²) in [6.07, 6.45) is 3.69. The van der Waals surface area contributed by atoms with Crippen LogP contribution in [0.5, 0.6) is 0 Å². The minimum Gasteiger partial charge on any atom is -0.353 e. The third-order valence-electron chi connectivity index (χ3n) is 4.53. The van der Waals surface area contributed by atoms with Gasteiger partial charge in [-0.1, -0.05) is 13.3 Å². The van der Waals surface area contributed by atoms with Crippen LogP contribution in [0.25, 0.3) is 10.2 Å². The average Bonchev–Trinajstić information content (AvgIpc) is 2.93. The summed E-state index contributed by atoms with van der Waals surface area (Å²) < 4.78 is 0. The number of aryl methyl sites for hydroxylation is 1. The van der Waals surface area contributed by atoms with Gasteiger partial charge in [-0.25, -0.2) is 9.97 Å². The summed E-state index contributed by atoms with van der Waals surface area (Å²) >= 11 is 1.47. The van der Waals surface area contributed by atoms with E-state index in [0.717, 1.165) is 72.0 Å². The first-order chi connectivity index (χ1) is 11.6. The van der Waals surface area contributed by atoms with E-state index in [1.165, 1.54) is 11.3 Å². The predicted molar refractivity (Wildman–Crippen MR) is 99.1 cm³/mol. The highest BCUT2D eigenvalue weighted by atomic mass is 32.1. The van der Waals surface area contributed by atoms with Gasteiger partial charge in [0.05, 0.1) is 10.3 Å². The zero-order valence-corrected chi connectivity index (χ0v) is 15.4. The second-order valence-corrected chi connectivity index (χ2v) is 7.33. The maximum atomic E-state index is 12.5. The number of anilines is 1. The summed E-state index contributed by atoms with van der Waals surface area (Å²) in [5, 5.41) is 4.04. The van der Waals surface area contributed by atoms with Gasteiger partial charge in [0.2, 0.25) is 0 Å². The number of hydrogen-bond acceptors (Lipinski definition) is 6. The second kappa shape index (κ2) is 7.44. The molecule has 7 heteroatoms. The number of nitrogens with one attached hydrogen (secondary N) is 1. The van der Waals surface area contributed by atoms with Crippen LogP contribution in [0, 0.1) is 6.92 Å². The fraction of sp³-hybridized carbons (Fsp3) is 0.588. The molecule has 0 unspecified atom stereocenters. The fourth-order valence-electron chi connectivity index (χ4n) is 2.99. The summed E-state index contributed by atoms with van der Waals surface area (Å²) in [5.74, 6) is 0.975. The van der Waals surface area contributed by atoms with Crippen LogP contribution in [0.15, 0.2) is 6.33 Å². The van der Waals surface area contributed by atoms with Crippen molar-refractivity contribution in [1.82, 2.24) is 20.2 Å². The molecule has 1 fully saturated rings. The molecule has 24 heavy (non-hydrogen) atoms. The highest BCUT2D eigenvalue weighted by Crippen LogP contribution is 2.35. The number of aromatic nitrogens is 2. The van der Waals surface area contributed by atoms with Crippen molar-refractivity contribution < 1.29 is 4.79 Å². The van der Waals surface area contributed by atoms with Gasteiger partial charge in [-0.05, 0) is 26.0 Å². The Hall–Kier alpha value is -1.73. The zero-order chi connectivity index (χ0) is 17.1. The maximum absolute atomic E-state index is 12.5. The van der Waals surface area contributed by atoms with E-state index in [4.69, 9.17) is 0 Å². The van der Waals surface area contributed by atoms with Crippen LogP contribution < -0.4 is 10.2 Å². The lowest BCUT2D eigenvalue weighted by Gasteiger charge is -2.33. The lowest BCUT2D eigenvalue weighted by Crippen LogP contribution is -2.44. The molecular formula is C17H25N5OS. The van der Waals surface area contributed by atoms with Gasteiger partial charge < -0.3 is 15.1 Å². The summed E-state index contributed by atoms with van der Waals surface area (Å²) in [6, 6.07) is 0. The summed E-state index contributed by atoms with van der Waals surface area (Å²) in [5.41, 5.74) is 0.999. The van der Waals surface area contributed by atoms with E-state index in [1.807, 2.05) is 6.92 Å². The van der Waals surface area contributed by atoms with E-state index in [2.05, 4.69) is 39.1 Å². The number of fused-ring (bicyclic) bond motifs is 1. The first kappa shape index (κ1) is 17.1. The Morgan fingerprint density at radius 2 is 2.04 bits per heavy atom. The van der Waals surface area contributed by atoms with Crippen molar-refractivity contribution >= 4 is 33.3 Å². The Bertz CT molecular complexity index is 721. The van der Waals surface area contributed by atoms with Crippen LogP contribution in [0.1, 0.15) is 35.0 Å². The topological polar surface area (TPSA) is 61.4 Å². The Kier molecular flexibility index (Phi) is 5.30. The number of carbonyl (C=O) groups is 1. The molecule has 2 aromatic heterocycles. The molecule has 130 valence electrons. The van der Waals surface area contributed by atoms with Crippen molar-refractivity contribution in [2.24, 2.45) is 0 Å². The van der Waals surface area contributed by atoms with Crippen LogP contribution in [0.4, 0.5) is 5.82 Å². The molecule has 1 aliphatic heterocycles. The quantitative estimate of drug-likeness (QED) is 0.841. The molecule has 3 heterocycles. The van der Waals surface area contributed by atoms with E-state index in [-0.39, 0.29) is 5.91 Å². The molecule has 0 spiro atoms. The number of unbranched alkanes of at least 4 members (excludes halogenated alkanes) is 1. The van der Waals surface area contributed by atoms with Gasteiger partial charge in [-0.2, -0.15) is 0 Å². The molecule has 2 aromatic rings. The molecule has 0 bridgehead atoms. The van der Waals surface area contributed by atoms with Crippen molar-refractivity contribution in [1.29, 1.82) is 0 Å². The molecule has 1 aliphatic rings. The van der Waals surface area contributed by atoms with Gasteiger partial charge in [0, 0.05) is 32.7 Å². The number of amides is 1. The lowest BCUT2D eigenvalue weighted by atomic mass is 10.1. The largest absolute Gasteiger partial charge is 0.353 e. The molecule has 1 N–H and O–H groups in total. The molecule has 0 radical (unpaired) electrons. The number of likely N-dealkylation sites (N-methyl/N-ethyl adjacent to an activating group) is 1. The molecule has 0 atom stereocenters. The van der Waals surface area contributed by atoms with Gasteiger partial charge in [0.15, 0.2) is 0 Å². The SMILES string of the molecule is CCCCNC(=O)c1sc2ncnc(N3CCN(C)CC3)c2c1C. The molecule has 3 rings (SSSR count). The maximum Gasteiger partial charge on any atom is 0.261 e. The first-order valence-corrected chi connectivity index (χ1v) is 9.39. The molecule has 0 aromatic carbocycles. The van der Waals surface area contributed by atoms with E-state index in [1.54, 1.807) is 6.33 Å². The number of nitrogens with zero attached hydrogens (tertiary/aromatic N) is 4. The van der Waals surface area contributed by atoms with Crippen LogP contribution in [-0.2, 0) is 0 Å². The minimum atomic E-state index is 0.00766. The minimum absolute atomic E-state index is 0.00766. The number of thiophene rings is 1. The Balaban J connectivity index is 1.91. The van der Waals surface area contributed by atoms with E-state index in [9.17, 15) is 4.79 Å². The summed E-state index contributed by atoms with van der Waals surface area (Å²) in [7, 11) is 2.14. The van der Waals surface area contributed by atoms with Crippen LogP contribution >= 0.6 is 11.3 Å². The smallest absolute Gasteiger partial charge is 0.261 e. The van der Waals surface area contributed by atoms with Gasteiger partial charge in [0.1, 0.15) is 17.0 Å². The van der Waals surface area contributed by atoms with Crippen LogP contribution in [0.3, 0.4) is 0 Å². The highest BCUT2D eigenvalue weighted by molar-refractivity contribution is 7.20. The van der Waals surface area contributed by atoms with Crippen molar-refractivity contribution in [2.45, 2.75) is 26.7 Å². The van der Waals surface area contributed by atoms with Gasteiger partial charge in [-0.3, -0.25) is 4.79 Å². The number of hydrogen-bond donors (Lipinski definition) is 1. The molecule has 0 aliphatic carbocycles. The van der Waals surface area contributed by atoms with Crippen molar-refractivity contribution in [3.05, 3.63) is 16.8 Å². The zero-order valence-electron chi connectivity index (χ0n) is 14.6. The standard InChI is InChI=1S/C17H25N5OS/c1-4-5-6-18-16(23)14-12(2)13-15(19-11-20-17(13)24-14)22-9-7-21(3)8-10-22/h11H,4-10H2,1-3H3,(H,18,23). The normalized spacial score (nSPS) is 15.9. The summed E-state index contributed by atoms with van der Waals surface area (Å²) in [6.45, 7) is 8.81. The molecular weight excluding hydrogens is 322 g/mol. The predicted octanol–water partition coefficient (Wildman–Crippen LogP) is 2.28. The number of piperazine rings is 1. The third-order valence-corrected chi connectivity index (χ3v) is 5.73. The Morgan fingerprint density at radius 3 is 2.75 bits per heavy atom. The Labute approximate surface area is 146 Å².